The Labute approximate surface area is 135 Å². The first-order valence-electron chi connectivity index (χ1n) is 5.20. The van der Waals surface area contributed by atoms with E-state index in [4.69, 9.17) is 10.5 Å². The molecule has 1 amide bonds. The van der Waals surface area contributed by atoms with Gasteiger partial charge in [-0.1, -0.05) is 0 Å². The van der Waals surface area contributed by atoms with E-state index in [1.54, 1.807) is 0 Å². The van der Waals surface area contributed by atoms with Crippen molar-refractivity contribution in [2.75, 3.05) is 12.4 Å². The molecule has 0 aromatic rings. The van der Waals surface area contributed by atoms with Crippen LogP contribution in [0.3, 0.4) is 0 Å². The number of carbonyl (C=O) groups excluding carboxylic acids is 3. The molecule has 2 rings (SSSR count). The van der Waals surface area contributed by atoms with Gasteiger partial charge in [-0.3, -0.25) is 14.5 Å². The Kier molecular flexibility index (Phi) is 5.45. The topological polar surface area (TPSA) is 113 Å². The number of rotatable bonds is 3. The van der Waals surface area contributed by atoms with Crippen molar-refractivity contribution in [3.8, 4) is 0 Å². The Morgan fingerprint density at radius 2 is 2.21 bits per heavy atom. The number of hydrogen-bond acceptors (Lipinski definition) is 7. The van der Waals surface area contributed by atoms with Crippen molar-refractivity contribution in [3.63, 3.8) is 0 Å². The van der Waals surface area contributed by atoms with Gasteiger partial charge in [-0.15, -0.1) is 11.8 Å². The van der Waals surface area contributed by atoms with Crippen LogP contribution in [0.2, 0.25) is 0 Å². The van der Waals surface area contributed by atoms with Crippen molar-refractivity contribution in [1.82, 2.24) is 4.90 Å². The maximum Gasteiger partial charge on any atom is 1.00 e. The number of nitrogens with two attached hydrogens (primary N) is 1. The maximum atomic E-state index is 11.5. The van der Waals surface area contributed by atoms with Crippen LogP contribution in [0.5, 0.6) is 0 Å². The normalized spacial score (nSPS) is 25.2. The van der Waals surface area contributed by atoms with Crippen molar-refractivity contribution in [1.29, 1.82) is 0 Å². The summed E-state index contributed by atoms with van der Waals surface area (Å²) >= 11 is 1.35. The van der Waals surface area contributed by atoms with Gasteiger partial charge in [0.2, 0.25) is 5.91 Å². The summed E-state index contributed by atoms with van der Waals surface area (Å²) in [6, 6.07) is -0.681. The van der Waals surface area contributed by atoms with Gasteiger partial charge in [0.05, 0.1) is 11.7 Å². The van der Waals surface area contributed by atoms with Crippen molar-refractivity contribution in [3.05, 3.63) is 11.3 Å². The van der Waals surface area contributed by atoms with E-state index in [0.717, 1.165) is 4.90 Å². The van der Waals surface area contributed by atoms with Gasteiger partial charge in [0.15, 0.2) is 0 Å². The Morgan fingerprint density at radius 1 is 1.58 bits per heavy atom. The quantitative estimate of drug-likeness (QED) is 0.314. The van der Waals surface area contributed by atoms with Crippen LogP contribution < -0.4 is 40.4 Å². The number of esters is 1. The number of carboxylic acids is 1. The number of ether oxygens (including phenoxy) is 1. The van der Waals surface area contributed by atoms with Gasteiger partial charge in [0, 0.05) is 18.2 Å². The Bertz CT molecular complexity index is 467. The van der Waals surface area contributed by atoms with Gasteiger partial charge in [0.25, 0.3) is 0 Å². The average Bonchev–Trinajstić information content (AvgIpc) is 2.33. The summed E-state index contributed by atoms with van der Waals surface area (Å²) in [7, 11) is 0. The number of hydrogen-bond donors (Lipinski definition) is 1. The zero-order valence-electron chi connectivity index (χ0n) is 10.5. The molecule has 2 N–H and O–H groups in total. The van der Waals surface area contributed by atoms with E-state index in [-0.39, 0.29) is 47.2 Å². The summed E-state index contributed by atoms with van der Waals surface area (Å²) in [5.41, 5.74) is 5.71. The molecule has 0 aromatic carbocycles. The average molecular weight is 294 g/mol. The standard InChI is InChI=1S/C10H12N2O5S.Na/c1-4(13)17-2-5-3-18-9-6(11)8(14)12(9)7(5)10(15)16;/h6,9H,2-3,11H2,1H3,(H,15,16);/q;+1/p-1. The van der Waals surface area contributed by atoms with Crippen LogP contribution in [-0.2, 0) is 19.1 Å². The third kappa shape index (κ3) is 2.97. The molecule has 2 aliphatic rings. The van der Waals surface area contributed by atoms with Crippen molar-refractivity contribution in [2.45, 2.75) is 18.3 Å². The molecule has 0 aromatic heterocycles. The first-order chi connectivity index (χ1) is 8.43. The Morgan fingerprint density at radius 3 is 2.74 bits per heavy atom. The van der Waals surface area contributed by atoms with Crippen LogP contribution in [0.4, 0.5) is 0 Å². The van der Waals surface area contributed by atoms with Gasteiger partial charge in [-0.25, -0.2) is 0 Å². The zero-order chi connectivity index (χ0) is 13.4. The number of amides is 1. The Hall–Kier alpha value is -0.540. The second-order valence-corrected chi connectivity index (χ2v) is 5.06. The summed E-state index contributed by atoms with van der Waals surface area (Å²) in [5, 5.41) is 10.7. The van der Waals surface area contributed by atoms with Crippen LogP contribution >= 0.6 is 11.8 Å². The van der Waals surface area contributed by atoms with Crippen molar-refractivity contribution >= 4 is 29.6 Å². The minimum atomic E-state index is -1.46. The predicted octanol–water partition coefficient (Wildman–Crippen LogP) is -5.20. The van der Waals surface area contributed by atoms with E-state index in [2.05, 4.69) is 0 Å². The van der Waals surface area contributed by atoms with E-state index in [1.165, 1.54) is 18.7 Å². The fraction of sp³-hybridized carbons (Fsp3) is 0.500. The minimum absolute atomic E-state index is 0. The molecule has 0 aliphatic carbocycles. The van der Waals surface area contributed by atoms with Crippen LogP contribution in [0, 0.1) is 0 Å². The van der Waals surface area contributed by atoms with Crippen LogP contribution in [-0.4, -0.2) is 46.5 Å². The van der Waals surface area contributed by atoms with Crippen molar-refractivity contribution in [2.24, 2.45) is 5.73 Å². The molecule has 2 atom stereocenters. The molecule has 2 aliphatic heterocycles. The number of nitrogens with zero attached hydrogens (tertiary/aromatic N) is 1. The zero-order valence-corrected chi connectivity index (χ0v) is 13.4. The molecule has 7 nitrogen and oxygen atoms in total. The van der Waals surface area contributed by atoms with Gasteiger partial charge in [-0.2, -0.15) is 0 Å². The molecule has 0 radical (unpaired) electrons. The van der Waals surface area contributed by atoms with E-state index < -0.39 is 23.9 Å². The molecule has 2 heterocycles. The van der Waals surface area contributed by atoms with E-state index in [1.807, 2.05) is 0 Å². The fourth-order valence-electron chi connectivity index (χ4n) is 1.87. The fourth-order valence-corrected chi connectivity index (χ4v) is 3.14. The van der Waals surface area contributed by atoms with Crippen LogP contribution in [0.15, 0.2) is 11.3 Å². The minimum Gasteiger partial charge on any atom is -0.543 e. The van der Waals surface area contributed by atoms with E-state index in [0.29, 0.717) is 11.3 Å². The number of carboxylic acid groups (broad SMARTS) is 1. The molecule has 2 unspecified atom stereocenters. The molecule has 1 saturated heterocycles. The summed E-state index contributed by atoms with van der Waals surface area (Å²) in [6.07, 6.45) is 0. The second kappa shape index (κ2) is 6.27. The van der Waals surface area contributed by atoms with Crippen LogP contribution in [0.1, 0.15) is 6.92 Å². The molecule has 0 saturated carbocycles. The number of carbonyl (C=O) groups is 3. The first-order valence-corrected chi connectivity index (χ1v) is 6.25. The van der Waals surface area contributed by atoms with Crippen LogP contribution in [0.25, 0.3) is 0 Å². The van der Waals surface area contributed by atoms with Crippen molar-refractivity contribution < 1.29 is 53.8 Å². The Balaban J connectivity index is 0.00000180. The third-order valence-electron chi connectivity index (χ3n) is 2.73. The second-order valence-electron chi connectivity index (χ2n) is 3.96. The maximum absolute atomic E-state index is 11.5. The smallest absolute Gasteiger partial charge is 0.543 e. The molecular weight excluding hydrogens is 283 g/mol. The summed E-state index contributed by atoms with van der Waals surface area (Å²) in [5.74, 6) is -2.08. The molecule has 1 fully saturated rings. The van der Waals surface area contributed by atoms with E-state index >= 15 is 0 Å². The molecular formula is C10H11N2NaO5S. The van der Waals surface area contributed by atoms with Gasteiger partial charge in [0.1, 0.15) is 18.0 Å². The SMILES string of the molecule is CC(=O)OCC1=C(C(=O)[O-])N2C(=O)C(N)C2SC1.[Na+]. The number of aliphatic carboxylic acids is 1. The monoisotopic (exact) mass is 294 g/mol. The molecule has 9 heteroatoms. The van der Waals surface area contributed by atoms with Gasteiger partial charge < -0.3 is 20.4 Å². The predicted molar refractivity (Wildman–Crippen MR) is 59.7 cm³/mol. The van der Waals surface area contributed by atoms with Gasteiger partial charge in [-0.05, 0) is 0 Å². The third-order valence-corrected chi connectivity index (χ3v) is 4.09. The largest absolute Gasteiger partial charge is 1.00 e. The first kappa shape index (κ1) is 16.5. The summed E-state index contributed by atoms with van der Waals surface area (Å²) in [6.45, 7) is 1.07. The van der Waals surface area contributed by atoms with E-state index in [9.17, 15) is 19.5 Å². The van der Waals surface area contributed by atoms with Gasteiger partial charge >= 0.3 is 35.5 Å². The number of β-lactam (4-membered cyclic amide) rings is 1. The summed E-state index contributed by atoms with van der Waals surface area (Å²) in [4.78, 5) is 34.5. The summed E-state index contributed by atoms with van der Waals surface area (Å²) < 4.78 is 4.76. The molecule has 98 valence electrons. The molecule has 0 bridgehead atoms. The number of thioether (sulfide) groups is 1. The molecule has 0 spiro atoms. The molecule has 19 heavy (non-hydrogen) atoms. The number of fused-ring (bicyclic) bond motifs is 1.